The van der Waals surface area contributed by atoms with Crippen LogP contribution in [-0.4, -0.2) is 29.2 Å². The number of nitrogens with zero attached hydrogens (tertiary/aromatic N) is 1. The minimum Gasteiger partial charge on any atom is -0.328 e. The van der Waals surface area contributed by atoms with Gasteiger partial charge in [0.2, 0.25) is 5.91 Å². The van der Waals surface area contributed by atoms with Gasteiger partial charge in [-0.25, -0.2) is 0 Å². The van der Waals surface area contributed by atoms with Crippen LogP contribution in [0.1, 0.15) is 58.3 Å². The minimum atomic E-state index is -0.177. The first kappa shape index (κ1) is 13.8. The molecule has 1 saturated carbocycles. The summed E-state index contributed by atoms with van der Waals surface area (Å²) in [6.07, 6.45) is 7.08. The van der Waals surface area contributed by atoms with Crippen molar-refractivity contribution in [2.75, 3.05) is 6.54 Å². The molecule has 0 aromatic rings. The topological polar surface area (TPSA) is 63.4 Å². The Bertz CT molecular complexity index is 473. The first-order valence-corrected chi connectivity index (χ1v) is 7.84. The summed E-state index contributed by atoms with van der Waals surface area (Å²) in [5.41, 5.74) is 7.61. The van der Waals surface area contributed by atoms with Gasteiger partial charge in [-0.15, -0.1) is 0 Å². The lowest BCUT2D eigenvalue weighted by Gasteiger charge is -2.35. The van der Waals surface area contributed by atoms with Crippen molar-refractivity contribution in [1.29, 1.82) is 0 Å². The number of carbonyl (C=O) groups is 2. The maximum Gasteiger partial charge on any atom is 0.233 e. The minimum absolute atomic E-state index is 0.177. The molecule has 3 rings (SSSR count). The maximum atomic E-state index is 12.9. The Balaban J connectivity index is 1.82. The van der Waals surface area contributed by atoms with Gasteiger partial charge in [0, 0.05) is 30.3 Å². The molecule has 1 amide bonds. The second kappa shape index (κ2) is 4.99. The van der Waals surface area contributed by atoms with Crippen LogP contribution in [0, 0.1) is 5.41 Å². The van der Waals surface area contributed by atoms with Crippen LogP contribution < -0.4 is 5.73 Å². The Morgan fingerprint density at radius 2 is 1.85 bits per heavy atom. The molecule has 0 aromatic heterocycles. The van der Waals surface area contributed by atoms with Gasteiger partial charge in [-0.3, -0.25) is 9.59 Å². The molecule has 0 bridgehead atoms. The smallest absolute Gasteiger partial charge is 0.233 e. The van der Waals surface area contributed by atoms with E-state index >= 15 is 0 Å². The van der Waals surface area contributed by atoms with E-state index in [4.69, 9.17) is 5.73 Å². The average molecular weight is 276 g/mol. The molecule has 110 valence electrons. The van der Waals surface area contributed by atoms with Gasteiger partial charge in [-0.05, 0) is 51.9 Å². The lowest BCUT2D eigenvalue weighted by Crippen LogP contribution is -2.40. The Labute approximate surface area is 120 Å². The summed E-state index contributed by atoms with van der Waals surface area (Å²) in [6.45, 7) is 2.67. The molecule has 0 radical (unpaired) electrons. The van der Waals surface area contributed by atoms with Crippen LogP contribution >= 0.6 is 0 Å². The highest BCUT2D eigenvalue weighted by Crippen LogP contribution is 2.46. The van der Waals surface area contributed by atoms with Crippen molar-refractivity contribution in [3.8, 4) is 0 Å². The highest BCUT2D eigenvalue weighted by molar-refractivity contribution is 5.97. The monoisotopic (exact) mass is 276 g/mol. The number of carbonyl (C=O) groups excluding carboxylic acids is 2. The number of amides is 1. The number of nitrogens with two attached hydrogens (primary N) is 1. The zero-order valence-corrected chi connectivity index (χ0v) is 12.3. The fourth-order valence-electron chi connectivity index (χ4n) is 4.02. The van der Waals surface area contributed by atoms with Gasteiger partial charge in [0.1, 0.15) is 0 Å². The second-order valence-electron chi connectivity index (χ2n) is 6.67. The predicted octanol–water partition coefficient (Wildman–Crippen LogP) is 2.13. The van der Waals surface area contributed by atoms with Crippen LogP contribution in [0.4, 0.5) is 0 Å². The van der Waals surface area contributed by atoms with Crippen LogP contribution in [0.25, 0.3) is 0 Å². The molecular formula is C16H24N2O2. The van der Waals surface area contributed by atoms with E-state index in [-0.39, 0.29) is 23.1 Å². The Morgan fingerprint density at radius 3 is 2.55 bits per heavy atom. The molecule has 0 atom stereocenters. The number of hydrogen-bond acceptors (Lipinski definition) is 3. The molecule has 1 spiro atoms. The van der Waals surface area contributed by atoms with Gasteiger partial charge in [-0.2, -0.15) is 0 Å². The number of ketones is 1. The van der Waals surface area contributed by atoms with Crippen molar-refractivity contribution < 1.29 is 9.59 Å². The van der Waals surface area contributed by atoms with Crippen LogP contribution in [0.3, 0.4) is 0 Å². The molecule has 1 saturated heterocycles. The van der Waals surface area contributed by atoms with E-state index < -0.39 is 0 Å². The summed E-state index contributed by atoms with van der Waals surface area (Å²) < 4.78 is 0. The quantitative estimate of drug-likeness (QED) is 0.798. The second-order valence-corrected chi connectivity index (χ2v) is 6.67. The zero-order valence-electron chi connectivity index (χ0n) is 12.3. The number of likely N-dealkylation sites (tertiary alicyclic amines) is 1. The van der Waals surface area contributed by atoms with Crippen LogP contribution in [0.15, 0.2) is 11.3 Å². The van der Waals surface area contributed by atoms with Crippen molar-refractivity contribution in [1.82, 2.24) is 4.90 Å². The van der Waals surface area contributed by atoms with Gasteiger partial charge in [0.25, 0.3) is 0 Å². The Morgan fingerprint density at radius 1 is 1.15 bits per heavy atom. The van der Waals surface area contributed by atoms with E-state index in [0.717, 1.165) is 62.8 Å². The van der Waals surface area contributed by atoms with Crippen molar-refractivity contribution in [3.05, 3.63) is 11.3 Å². The molecule has 1 heterocycles. The van der Waals surface area contributed by atoms with E-state index in [9.17, 15) is 9.59 Å². The molecular weight excluding hydrogens is 252 g/mol. The van der Waals surface area contributed by atoms with Crippen LogP contribution in [-0.2, 0) is 9.59 Å². The molecule has 2 fully saturated rings. The van der Waals surface area contributed by atoms with Gasteiger partial charge in [0.05, 0.1) is 5.41 Å². The fourth-order valence-corrected chi connectivity index (χ4v) is 4.02. The summed E-state index contributed by atoms with van der Waals surface area (Å²) in [7, 11) is 0. The van der Waals surface area contributed by atoms with E-state index in [1.54, 1.807) is 0 Å². The molecule has 4 heteroatoms. The van der Waals surface area contributed by atoms with E-state index in [2.05, 4.69) is 0 Å². The van der Waals surface area contributed by atoms with Crippen molar-refractivity contribution in [2.24, 2.45) is 11.1 Å². The van der Waals surface area contributed by atoms with Gasteiger partial charge in [0.15, 0.2) is 5.78 Å². The first-order chi connectivity index (χ1) is 9.53. The fraction of sp³-hybridized carbons (Fsp3) is 0.750. The molecule has 3 aliphatic rings. The summed E-state index contributed by atoms with van der Waals surface area (Å²) in [6, 6.07) is 0.264. The third-order valence-electron chi connectivity index (χ3n) is 5.49. The third kappa shape index (κ3) is 2.10. The van der Waals surface area contributed by atoms with Crippen molar-refractivity contribution in [2.45, 2.75) is 64.3 Å². The van der Waals surface area contributed by atoms with Crippen LogP contribution in [0.5, 0.6) is 0 Å². The molecule has 0 unspecified atom stereocenters. The Kier molecular flexibility index (Phi) is 3.44. The number of Topliss-reactive ketones (excluding diaryl/α,β-unsaturated/α-hetero) is 1. The molecule has 1 aliphatic heterocycles. The Hall–Kier alpha value is -1.16. The molecule has 2 N–H and O–H groups in total. The maximum absolute atomic E-state index is 12.9. The van der Waals surface area contributed by atoms with Crippen LogP contribution in [0.2, 0.25) is 0 Å². The lowest BCUT2D eigenvalue weighted by molar-refractivity contribution is -0.136. The van der Waals surface area contributed by atoms with Crippen molar-refractivity contribution >= 4 is 11.7 Å². The zero-order chi connectivity index (χ0) is 14.3. The van der Waals surface area contributed by atoms with Gasteiger partial charge >= 0.3 is 0 Å². The lowest BCUT2D eigenvalue weighted by atomic mass is 9.71. The highest BCUT2D eigenvalue weighted by atomic mass is 16.2. The molecule has 20 heavy (non-hydrogen) atoms. The highest BCUT2D eigenvalue weighted by Gasteiger charge is 2.49. The van der Waals surface area contributed by atoms with E-state index in [1.165, 1.54) is 0 Å². The summed E-state index contributed by atoms with van der Waals surface area (Å²) in [5, 5.41) is 0. The normalized spacial score (nSPS) is 35.3. The number of rotatable bonds is 1. The predicted molar refractivity (Wildman–Crippen MR) is 76.8 cm³/mol. The van der Waals surface area contributed by atoms with E-state index in [1.807, 2.05) is 11.8 Å². The SMILES string of the molecule is CC1=C(N2CCC3(CCC(N)CC3)C2=O)CCCC1=O. The average Bonchev–Trinajstić information content (AvgIpc) is 2.75. The molecule has 0 aromatic carbocycles. The standard InChI is InChI=1S/C16H24N2O2/c1-11-13(3-2-4-14(11)19)18-10-9-16(15(18)20)7-5-12(17)6-8-16/h12H,2-10,17H2,1H3. The number of hydrogen-bond donors (Lipinski definition) is 1. The summed E-state index contributed by atoms with van der Waals surface area (Å²) >= 11 is 0. The summed E-state index contributed by atoms with van der Waals surface area (Å²) in [5.74, 6) is 0.471. The summed E-state index contributed by atoms with van der Waals surface area (Å²) in [4.78, 5) is 26.7. The number of allylic oxidation sites excluding steroid dienone is 2. The largest absolute Gasteiger partial charge is 0.328 e. The van der Waals surface area contributed by atoms with Gasteiger partial charge in [-0.1, -0.05) is 0 Å². The van der Waals surface area contributed by atoms with E-state index in [0.29, 0.717) is 6.42 Å². The van der Waals surface area contributed by atoms with Crippen molar-refractivity contribution in [3.63, 3.8) is 0 Å². The molecule has 2 aliphatic carbocycles. The third-order valence-corrected chi connectivity index (χ3v) is 5.49. The van der Waals surface area contributed by atoms with Gasteiger partial charge < -0.3 is 10.6 Å². The molecule has 4 nitrogen and oxygen atoms in total. The first-order valence-electron chi connectivity index (χ1n) is 7.84.